The van der Waals surface area contributed by atoms with Crippen molar-refractivity contribution in [2.24, 2.45) is 0 Å². The first-order valence-corrected chi connectivity index (χ1v) is 6.86. The van der Waals surface area contributed by atoms with Crippen LogP contribution in [0.15, 0.2) is 0 Å². The van der Waals surface area contributed by atoms with Gasteiger partial charge in [0.25, 0.3) is 0 Å². The fourth-order valence-electron chi connectivity index (χ4n) is 1.36. The number of carbonyl (C=O) groups is 3. The molecule has 0 heterocycles. The predicted octanol–water partition coefficient (Wildman–Crippen LogP) is -0.440. The maximum Gasteiger partial charge on any atom is 0.239 e. The lowest BCUT2D eigenvalue weighted by atomic mass is 10.3. The van der Waals surface area contributed by atoms with Crippen LogP contribution < -0.4 is 16.0 Å². The molecule has 0 aliphatic rings. The van der Waals surface area contributed by atoms with Gasteiger partial charge in [0, 0.05) is 32.0 Å². The van der Waals surface area contributed by atoms with Gasteiger partial charge < -0.3 is 20.7 Å². The van der Waals surface area contributed by atoms with Crippen molar-refractivity contribution in [3.8, 4) is 0 Å². The minimum absolute atomic E-state index is 0.0375. The Morgan fingerprint density at radius 3 is 2.15 bits per heavy atom. The Balaban J connectivity index is 3.61. The summed E-state index contributed by atoms with van der Waals surface area (Å²) in [4.78, 5) is 34.1. The first-order chi connectivity index (χ1) is 9.45. The molecule has 0 spiro atoms. The fourth-order valence-corrected chi connectivity index (χ4v) is 1.36. The van der Waals surface area contributed by atoms with Gasteiger partial charge >= 0.3 is 0 Å². The zero-order chi connectivity index (χ0) is 15.4. The molecule has 0 aliphatic carbocycles. The number of nitrogens with one attached hydrogen (secondary N) is 3. The molecule has 3 N–H and O–H groups in total. The van der Waals surface area contributed by atoms with Gasteiger partial charge in [-0.15, -0.1) is 0 Å². The molecule has 0 saturated heterocycles. The van der Waals surface area contributed by atoms with Gasteiger partial charge in [-0.1, -0.05) is 0 Å². The molecule has 0 saturated carbocycles. The number of hydrogen-bond donors (Lipinski definition) is 3. The van der Waals surface area contributed by atoms with Crippen LogP contribution in [-0.2, 0) is 19.1 Å². The number of carbonyl (C=O) groups excluding carboxylic acids is 3. The molecule has 3 amide bonds. The van der Waals surface area contributed by atoms with Crippen LogP contribution in [0.2, 0.25) is 0 Å². The maximum absolute atomic E-state index is 11.4. The van der Waals surface area contributed by atoms with Crippen molar-refractivity contribution in [1.29, 1.82) is 0 Å². The first kappa shape index (κ1) is 18.4. The summed E-state index contributed by atoms with van der Waals surface area (Å²) in [6, 6.07) is 0.0375. The second kappa shape index (κ2) is 11.2. The summed E-state index contributed by atoms with van der Waals surface area (Å²) in [7, 11) is 0. The summed E-state index contributed by atoms with van der Waals surface area (Å²) >= 11 is 0. The highest BCUT2D eigenvalue weighted by molar-refractivity contribution is 5.87. The summed E-state index contributed by atoms with van der Waals surface area (Å²) in [5, 5.41) is 7.76. The SMILES string of the molecule is CCOCCNC(=O)CCC(=O)NCC(=O)NC(C)C. The Morgan fingerprint density at radius 2 is 1.60 bits per heavy atom. The molecule has 116 valence electrons. The molecule has 0 aliphatic heterocycles. The number of rotatable bonds is 10. The lowest BCUT2D eigenvalue weighted by molar-refractivity contribution is -0.128. The van der Waals surface area contributed by atoms with E-state index in [1.165, 1.54) is 0 Å². The molecule has 0 unspecified atom stereocenters. The topological polar surface area (TPSA) is 96.5 Å². The summed E-state index contributed by atoms with van der Waals surface area (Å²) in [5.74, 6) is -0.759. The Labute approximate surface area is 119 Å². The van der Waals surface area contributed by atoms with Crippen LogP contribution in [0.5, 0.6) is 0 Å². The average Bonchev–Trinajstić information content (AvgIpc) is 2.38. The van der Waals surface area contributed by atoms with E-state index in [9.17, 15) is 14.4 Å². The second-order valence-corrected chi connectivity index (χ2v) is 4.55. The molecule has 7 nitrogen and oxygen atoms in total. The molecule has 0 aromatic heterocycles. The first-order valence-electron chi connectivity index (χ1n) is 6.86. The fraction of sp³-hybridized carbons (Fsp3) is 0.769. The van der Waals surface area contributed by atoms with Crippen LogP contribution in [0.1, 0.15) is 33.6 Å². The van der Waals surface area contributed by atoms with Gasteiger partial charge in [-0.3, -0.25) is 14.4 Å². The highest BCUT2D eigenvalue weighted by Gasteiger charge is 2.08. The monoisotopic (exact) mass is 287 g/mol. The van der Waals surface area contributed by atoms with E-state index >= 15 is 0 Å². The molecule has 20 heavy (non-hydrogen) atoms. The second-order valence-electron chi connectivity index (χ2n) is 4.55. The summed E-state index contributed by atoms with van der Waals surface area (Å²) in [6.45, 7) is 6.99. The lowest BCUT2D eigenvalue weighted by Gasteiger charge is -2.09. The van der Waals surface area contributed by atoms with Gasteiger partial charge in [-0.05, 0) is 20.8 Å². The smallest absolute Gasteiger partial charge is 0.239 e. The highest BCUT2D eigenvalue weighted by atomic mass is 16.5. The van der Waals surface area contributed by atoms with E-state index in [0.29, 0.717) is 19.8 Å². The van der Waals surface area contributed by atoms with E-state index in [1.807, 2.05) is 20.8 Å². The van der Waals surface area contributed by atoms with Crippen LogP contribution in [-0.4, -0.2) is 50.1 Å². The van der Waals surface area contributed by atoms with Crippen molar-refractivity contribution in [2.45, 2.75) is 39.7 Å². The molecular formula is C13H25N3O4. The minimum Gasteiger partial charge on any atom is -0.380 e. The molecule has 7 heteroatoms. The lowest BCUT2D eigenvalue weighted by Crippen LogP contribution is -2.40. The molecule has 0 fully saturated rings. The Kier molecular flexibility index (Phi) is 10.3. The van der Waals surface area contributed by atoms with Gasteiger partial charge in [0.05, 0.1) is 13.2 Å². The summed E-state index contributed by atoms with van der Waals surface area (Å²) in [5.41, 5.74) is 0. The van der Waals surface area contributed by atoms with E-state index < -0.39 is 0 Å². The van der Waals surface area contributed by atoms with Crippen molar-refractivity contribution >= 4 is 17.7 Å². The molecule has 0 rings (SSSR count). The van der Waals surface area contributed by atoms with Crippen molar-refractivity contribution in [2.75, 3.05) is 26.3 Å². The van der Waals surface area contributed by atoms with Crippen LogP contribution in [0.25, 0.3) is 0 Å². The summed E-state index contributed by atoms with van der Waals surface area (Å²) in [6.07, 6.45) is 0.166. The Morgan fingerprint density at radius 1 is 1.00 bits per heavy atom. The van der Waals surface area contributed by atoms with E-state index in [0.717, 1.165) is 0 Å². The van der Waals surface area contributed by atoms with Crippen LogP contribution in [0.4, 0.5) is 0 Å². The van der Waals surface area contributed by atoms with Gasteiger partial charge in [-0.2, -0.15) is 0 Å². The average molecular weight is 287 g/mol. The zero-order valence-corrected chi connectivity index (χ0v) is 12.5. The van der Waals surface area contributed by atoms with E-state index in [1.54, 1.807) is 0 Å². The third-order valence-corrected chi connectivity index (χ3v) is 2.25. The third kappa shape index (κ3) is 11.5. The quantitative estimate of drug-likeness (QED) is 0.475. The van der Waals surface area contributed by atoms with Crippen LogP contribution >= 0.6 is 0 Å². The number of hydrogen-bond acceptors (Lipinski definition) is 4. The summed E-state index contributed by atoms with van der Waals surface area (Å²) < 4.78 is 5.07. The van der Waals surface area contributed by atoms with Gasteiger partial charge in [0.2, 0.25) is 17.7 Å². The standard InChI is InChI=1S/C13H25N3O4/c1-4-20-8-7-14-11(17)5-6-12(18)15-9-13(19)16-10(2)3/h10H,4-9H2,1-3H3,(H,14,17)(H,15,18)(H,16,19). The van der Waals surface area contributed by atoms with Crippen LogP contribution in [0.3, 0.4) is 0 Å². The van der Waals surface area contributed by atoms with Crippen molar-refractivity contribution in [1.82, 2.24) is 16.0 Å². The van der Waals surface area contributed by atoms with Crippen LogP contribution in [0, 0.1) is 0 Å². The van der Waals surface area contributed by atoms with Gasteiger partial charge in [0.15, 0.2) is 0 Å². The number of amides is 3. The molecule has 0 bridgehead atoms. The molecular weight excluding hydrogens is 262 g/mol. The largest absolute Gasteiger partial charge is 0.380 e. The molecule has 0 radical (unpaired) electrons. The van der Waals surface area contributed by atoms with E-state index in [4.69, 9.17) is 4.74 Å². The molecule has 0 atom stereocenters. The number of ether oxygens (including phenoxy) is 1. The van der Waals surface area contributed by atoms with Crippen molar-refractivity contribution in [3.63, 3.8) is 0 Å². The minimum atomic E-state index is -0.316. The Bertz CT molecular complexity index is 319. The zero-order valence-electron chi connectivity index (χ0n) is 12.5. The maximum atomic E-state index is 11.4. The van der Waals surface area contributed by atoms with E-state index in [2.05, 4.69) is 16.0 Å². The van der Waals surface area contributed by atoms with Crippen molar-refractivity contribution < 1.29 is 19.1 Å². The highest BCUT2D eigenvalue weighted by Crippen LogP contribution is 1.89. The third-order valence-electron chi connectivity index (χ3n) is 2.25. The normalized spacial score (nSPS) is 10.2. The van der Waals surface area contributed by atoms with E-state index in [-0.39, 0.29) is 43.1 Å². The molecule has 0 aromatic carbocycles. The molecule has 0 aromatic rings. The van der Waals surface area contributed by atoms with Crippen molar-refractivity contribution in [3.05, 3.63) is 0 Å². The Hall–Kier alpha value is -1.63. The predicted molar refractivity (Wildman–Crippen MR) is 75.0 cm³/mol. The van der Waals surface area contributed by atoms with Gasteiger partial charge in [0.1, 0.15) is 0 Å². The van der Waals surface area contributed by atoms with Gasteiger partial charge in [-0.25, -0.2) is 0 Å².